The molecule has 2 rings (SSSR count). The quantitative estimate of drug-likeness (QED) is 0.874. The van der Waals surface area contributed by atoms with Gasteiger partial charge in [0.15, 0.2) is 0 Å². The van der Waals surface area contributed by atoms with E-state index in [-0.39, 0.29) is 0 Å². The van der Waals surface area contributed by atoms with Crippen LogP contribution in [0.3, 0.4) is 0 Å². The highest BCUT2D eigenvalue weighted by molar-refractivity contribution is 5.25. The first-order valence-electron chi connectivity index (χ1n) is 6.41. The zero-order valence-corrected chi connectivity index (χ0v) is 10.3. The molecule has 0 aliphatic carbocycles. The molecule has 100 valence electrons. The molecule has 1 aromatic carbocycles. The second-order valence-corrected chi connectivity index (χ2v) is 4.96. The standard InChI is InChI=1S/C14H18F3N/c15-14(16,17)10-12-5-3-4-11(8-12)9-13-6-1-2-7-18-13/h3-5,8,13,18H,1-2,6-7,9-10H2. The van der Waals surface area contributed by atoms with E-state index in [1.807, 2.05) is 6.07 Å². The first kappa shape index (κ1) is 13.4. The zero-order chi connectivity index (χ0) is 13.0. The lowest BCUT2D eigenvalue weighted by molar-refractivity contribution is -0.127. The minimum atomic E-state index is -4.12. The fourth-order valence-corrected chi connectivity index (χ4v) is 2.48. The van der Waals surface area contributed by atoms with E-state index in [9.17, 15) is 13.2 Å². The van der Waals surface area contributed by atoms with Crippen LogP contribution in [0, 0.1) is 0 Å². The molecular weight excluding hydrogens is 239 g/mol. The summed E-state index contributed by atoms with van der Waals surface area (Å²) in [7, 11) is 0. The molecule has 1 unspecified atom stereocenters. The summed E-state index contributed by atoms with van der Waals surface area (Å²) in [6, 6.07) is 7.28. The van der Waals surface area contributed by atoms with Gasteiger partial charge in [-0.05, 0) is 36.9 Å². The first-order valence-corrected chi connectivity index (χ1v) is 6.41. The minimum absolute atomic E-state index is 0.357. The molecule has 1 aliphatic rings. The maximum atomic E-state index is 12.3. The van der Waals surface area contributed by atoms with Crippen LogP contribution in [0.2, 0.25) is 0 Å². The summed E-state index contributed by atoms with van der Waals surface area (Å²) in [5.74, 6) is 0. The summed E-state index contributed by atoms with van der Waals surface area (Å²) in [6.45, 7) is 1.02. The second-order valence-electron chi connectivity index (χ2n) is 4.96. The molecule has 0 bridgehead atoms. The Labute approximate surface area is 105 Å². The molecule has 1 atom stereocenters. The minimum Gasteiger partial charge on any atom is -0.314 e. The summed E-state index contributed by atoms with van der Waals surface area (Å²) < 4.78 is 37.0. The highest BCUT2D eigenvalue weighted by atomic mass is 19.4. The molecule has 1 heterocycles. The van der Waals surface area contributed by atoms with Crippen LogP contribution in [-0.2, 0) is 12.8 Å². The number of alkyl halides is 3. The van der Waals surface area contributed by atoms with Crippen molar-refractivity contribution in [2.75, 3.05) is 6.54 Å². The van der Waals surface area contributed by atoms with Gasteiger partial charge in [-0.25, -0.2) is 0 Å². The fourth-order valence-electron chi connectivity index (χ4n) is 2.48. The molecule has 18 heavy (non-hydrogen) atoms. The molecule has 1 N–H and O–H groups in total. The van der Waals surface area contributed by atoms with Gasteiger partial charge in [0, 0.05) is 6.04 Å². The van der Waals surface area contributed by atoms with E-state index >= 15 is 0 Å². The number of rotatable bonds is 3. The maximum Gasteiger partial charge on any atom is 0.393 e. The van der Waals surface area contributed by atoms with E-state index in [0.29, 0.717) is 11.6 Å². The van der Waals surface area contributed by atoms with Crippen molar-refractivity contribution < 1.29 is 13.2 Å². The van der Waals surface area contributed by atoms with Crippen LogP contribution in [0.4, 0.5) is 13.2 Å². The number of benzene rings is 1. The Balaban J connectivity index is 1.98. The van der Waals surface area contributed by atoms with Crippen LogP contribution in [0.5, 0.6) is 0 Å². The Morgan fingerprint density at radius 2 is 1.94 bits per heavy atom. The van der Waals surface area contributed by atoms with Crippen molar-refractivity contribution in [3.05, 3.63) is 35.4 Å². The van der Waals surface area contributed by atoms with Crippen molar-refractivity contribution in [2.45, 2.75) is 44.3 Å². The molecule has 1 nitrogen and oxygen atoms in total. The monoisotopic (exact) mass is 257 g/mol. The summed E-state index contributed by atoms with van der Waals surface area (Å²) in [6.07, 6.45) is -0.611. The predicted octanol–water partition coefficient (Wildman–Crippen LogP) is 3.48. The Kier molecular flexibility index (Phi) is 4.27. The lowest BCUT2D eigenvalue weighted by atomic mass is 9.96. The van der Waals surface area contributed by atoms with Gasteiger partial charge in [0.2, 0.25) is 0 Å². The van der Waals surface area contributed by atoms with Gasteiger partial charge in [0.25, 0.3) is 0 Å². The van der Waals surface area contributed by atoms with Crippen LogP contribution >= 0.6 is 0 Å². The average molecular weight is 257 g/mol. The van der Waals surface area contributed by atoms with Gasteiger partial charge >= 0.3 is 6.18 Å². The molecule has 4 heteroatoms. The van der Waals surface area contributed by atoms with Crippen molar-refractivity contribution in [2.24, 2.45) is 0 Å². The third-order valence-electron chi connectivity index (χ3n) is 3.29. The van der Waals surface area contributed by atoms with Gasteiger partial charge < -0.3 is 5.32 Å². The van der Waals surface area contributed by atoms with Crippen molar-refractivity contribution in [3.8, 4) is 0 Å². The number of piperidine rings is 1. The summed E-state index contributed by atoms with van der Waals surface area (Å²) >= 11 is 0. The van der Waals surface area contributed by atoms with Crippen LogP contribution in [-0.4, -0.2) is 18.8 Å². The highest BCUT2D eigenvalue weighted by Gasteiger charge is 2.27. The Bertz CT molecular complexity index is 381. The fraction of sp³-hybridized carbons (Fsp3) is 0.571. The molecule has 1 fully saturated rings. The summed E-state index contributed by atoms with van der Waals surface area (Å²) in [5, 5.41) is 3.41. The number of hydrogen-bond donors (Lipinski definition) is 1. The van der Waals surface area contributed by atoms with E-state index in [0.717, 1.165) is 24.9 Å². The third-order valence-corrected chi connectivity index (χ3v) is 3.29. The molecule has 0 radical (unpaired) electrons. The largest absolute Gasteiger partial charge is 0.393 e. The Hall–Kier alpha value is -1.03. The SMILES string of the molecule is FC(F)(F)Cc1cccc(CC2CCCCN2)c1. The molecule has 1 aliphatic heterocycles. The molecule has 1 aromatic rings. The van der Waals surface area contributed by atoms with Gasteiger partial charge in [0.1, 0.15) is 0 Å². The van der Waals surface area contributed by atoms with Crippen molar-refractivity contribution in [3.63, 3.8) is 0 Å². The second kappa shape index (κ2) is 5.74. The van der Waals surface area contributed by atoms with Crippen LogP contribution in [0.1, 0.15) is 30.4 Å². The number of nitrogens with one attached hydrogen (secondary N) is 1. The molecule has 1 saturated heterocycles. The lowest BCUT2D eigenvalue weighted by Gasteiger charge is -2.23. The first-order chi connectivity index (χ1) is 8.53. The Morgan fingerprint density at radius 1 is 1.17 bits per heavy atom. The van der Waals surface area contributed by atoms with E-state index in [1.54, 1.807) is 18.2 Å². The summed E-state index contributed by atoms with van der Waals surface area (Å²) in [5.41, 5.74) is 1.35. The normalized spacial score (nSPS) is 20.9. The number of halogens is 3. The van der Waals surface area contributed by atoms with Gasteiger partial charge in [0.05, 0.1) is 6.42 Å². The van der Waals surface area contributed by atoms with Crippen molar-refractivity contribution in [1.82, 2.24) is 5.32 Å². The van der Waals surface area contributed by atoms with E-state index in [1.165, 1.54) is 12.8 Å². The van der Waals surface area contributed by atoms with Crippen molar-refractivity contribution in [1.29, 1.82) is 0 Å². The molecule has 0 amide bonds. The van der Waals surface area contributed by atoms with E-state index < -0.39 is 12.6 Å². The highest BCUT2D eigenvalue weighted by Crippen LogP contribution is 2.22. The van der Waals surface area contributed by atoms with Crippen LogP contribution in [0.25, 0.3) is 0 Å². The summed E-state index contributed by atoms with van der Waals surface area (Å²) in [4.78, 5) is 0. The zero-order valence-electron chi connectivity index (χ0n) is 10.3. The molecule has 0 saturated carbocycles. The smallest absolute Gasteiger partial charge is 0.314 e. The van der Waals surface area contributed by atoms with Gasteiger partial charge in [-0.2, -0.15) is 13.2 Å². The van der Waals surface area contributed by atoms with Gasteiger partial charge in [-0.15, -0.1) is 0 Å². The Morgan fingerprint density at radius 3 is 2.61 bits per heavy atom. The molecular formula is C14H18F3N. The van der Waals surface area contributed by atoms with Gasteiger partial charge in [-0.1, -0.05) is 30.7 Å². The number of hydrogen-bond acceptors (Lipinski definition) is 1. The predicted molar refractivity (Wildman–Crippen MR) is 65.5 cm³/mol. The molecule has 0 aromatic heterocycles. The topological polar surface area (TPSA) is 12.0 Å². The van der Waals surface area contributed by atoms with Gasteiger partial charge in [-0.3, -0.25) is 0 Å². The van der Waals surface area contributed by atoms with Crippen LogP contribution in [0.15, 0.2) is 24.3 Å². The van der Waals surface area contributed by atoms with Crippen LogP contribution < -0.4 is 5.32 Å². The van der Waals surface area contributed by atoms with E-state index in [4.69, 9.17) is 0 Å². The maximum absolute atomic E-state index is 12.3. The van der Waals surface area contributed by atoms with Crippen molar-refractivity contribution >= 4 is 0 Å². The lowest BCUT2D eigenvalue weighted by Crippen LogP contribution is -2.35. The third kappa shape index (κ3) is 4.33. The molecule has 0 spiro atoms. The average Bonchev–Trinajstić information content (AvgIpc) is 2.28. The van der Waals surface area contributed by atoms with E-state index in [2.05, 4.69) is 5.32 Å².